The highest BCUT2D eigenvalue weighted by molar-refractivity contribution is 9.10. The first-order chi connectivity index (χ1) is 9.49. The highest BCUT2D eigenvalue weighted by atomic mass is 79.9. The molecule has 106 valence electrons. The number of anilines is 1. The van der Waals surface area contributed by atoms with Gasteiger partial charge in [0.25, 0.3) is 0 Å². The number of rotatable bonds is 4. The normalized spacial score (nSPS) is 10.4. The van der Waals surface area contributed by atoms with E-state index in [0.717, 1.165) is 16.0 Å². The SMILES string of the molecule is CNc1cc(C)nc(COc2cc(Cl)c(Br)cc2Cl)n1. The molecule has 4 nitrogen and oxygen atoms in total. The Morgan fingerprint density at radius 1 is 1.20 bits per heavy atom. The Hall–Kier alpha value is -1.04. The molecule has 0 amide bonds. The molecule has 1 aromatic carbocycles. The van der Waals surface area contributed by atoms with Crippen LogP contribution in [-0.2, 0) is 6.61 Å². The van der Waals surface area contributed by atoms with Crippen molar-refractivity contribution in [3.05, 3.63) is 44.2 Å². The van der Waals surface area contributed by atoms with Gasteiger partial charge in [0.05, 0.1) is 10.0 Å². The molecule has 0 aliphatic heterocycles. The van der Waals surface area contributed by atoms with Crippen LogP contribution in [0.5, 0.6) is 5.75 Å². The molecular weight excluding hydrogens is 365 g/mol. The Morgan fingerprint density at radius 2 is 1.95 bits per heavy atom. The summed E-state index contributed by atoms with van der Waals surface area (Å²) in [5.74, 6) is 1.82. The molecule has 7 heteroatoms. The smallest absolute Gasteiger partial charge is 0.168 e. The van der Waals surface area contributed by atoms with Crippen LogP contribution in [0.3, 0.4) is 0 Å². The van der Waals surface area contributed by atoms with Crippen LogP contribution < -0.4 is 10.1 Å². The van der Waals surface area contributed by atoms with Crippen molar-refractivity contribution in [3.63, 3.8) is 0 Å². The molecule has 2 rings (SSSR count). The minimum Gasteiger partial charge on any atom is -0.484 e. The molecule has 20 heavy (non-hydrogen) atoms. The van der Waals surface area contributed by atoms with E-state index >= 15 is 0 Å². The van der Waals surface area contributed by atoms with Crippen molar-refractivity contribution < 1.29 is 4.74 Å². The zero-order chi connectivity index (χ0) is 14.7. The van der Waals surface area contributed by atoms with Gasteiger partial charge in [0.1, 0.15) is 18.2 Å². The third kappa shape index (κ3) is 3.75. The lowest BCUT2D eigenvalue weighted by molar-refractivity contribution is 0.296. The lowest BCUT2D eigenvalue weighted by atomic mass is 10.3. The molecule has 0 fully saturated rings. The number of aromatic nitrogens is 2. The monoisotopic (exact) mass is 375 g/mol. The van der Waals surface area contributed by atoms with Crippen molar-refractivity contribution in [2.24, 2.45) is 0 Å². The summed E-state index contributed by atoms with van der Waals surface area (Å²) in [6.45, 7) is 2.11. The first kappa shape index (κ1) is 15.4. The van der Waals surface area contributed by atoms with Crippen LogP contribution in [-0.4, -0.2) is 17.0 Å². The number of nitrogens with zero attached hydrogens (tertiary/aromatic N) is 2. The van der Waals surface area contributed by atoms with Gasteiger partial charge >= 0.3 is 0 Å². The number of hydrogen-bond acceptors (Lipinski definition) is 4. The molecule has 2 aromatic rings. The fourth-order valence-electron chi connectivity index (χ4n) is 1.58. The molecule has 0 bridgehead atoms. The average Bonchev–Trinajstić information content (AvgIpc) is 2.40. The van der Waals surface area contributed by atoms with Gasteiger partial charge in [-0.3, -0.25) is 0 Å². The summed E-state index contributed by atoms with van der Waals surface area (Å²) >= 11 is 15.4. The molecule has 1 N–H and O–H groups in total. The number of nitrogens with one attached hydrogen (secondary N) is 1. The Morgan fingerprint density at radius 3 is 2.65 bits per heavy atom. The van der Waals surface area contributed by atoms with Crippen LogP contribution in [0, 0.1) is 6.92 Å². The summed E-state index contributed by atoms with van der Waals surface area (Å²) in [7, 11) is 1.80. The average molecular weight is 377 g/mol. The zero-order valence-corrected chi connectivity index (χ0v) is 14.0. The van der Waals surface area contributed by atoms with E-state index in [1.165, 1.54) is 0 Å². The third-order valence-electron chi connectivity index (χ3n) is 2.49. The molecule has 0 radical (unpaired) electrons. The van der Waals surface area contributed by atoms with E-state index in [1.807, 2.05) is 13.0 Å². The number of aryl methyl sites for hydroxylation is 1. The molecule has 1 aromatic heterocycles. The zero-order valence-electron chi connectivity index (χ0n) is 10.9. The summed E-state index contributed by atoms with van der Waals surface area (Å²) in [6, 6.07) is 5.20. The second-order valence-corrected chi connectivity index (χ2v) is 5.71. The third-order valence-corrected chi connectivity index (χ3v) is 3.98. The van der Waals surface area contributed by atoms with Gasteiger partial charge in [0.15, 0.2) is 5.82 Å². The van der Waals surface area contributed by atoms with Crippen LogP contribution in [0.2, 0.25) is 10.0 Å². The lowest BCUT2D eigenvalue weighted by Crippen LogP contribution is -2.05. The van der Waals surface area contributed by atoms with E-state index in [4.69, 9.17) is 27.9 Å². The van der Waals surface area contributed by atoms with Gasteiger partial charge in [0, 0.05) is 29.3 Å². The quantitative estimate of drug-likeness (QED) is 0.799. The van der Waals surface area contributed by atoms with Crippen molar-refractivity contribution >= 4 is 44.9 Å². The van der Waals surface area contributed by atoms with Crippen molar-refractivity contribution in [1.29, 1.82) is 0 Å². The molecule has 0 saturated carbocycles. The molecule has 0 unspecified atom stereocenters. The van der Waals surface area contributed by atoms with E-state index in [9.17, 15) is 0 Å². The maximum Gasteiger partial charge on any atom is 0.168 e. The number of halogens is 3. The van der Waals surface area contributed by atoms with Crippen LogP contribution in [0.4, 0.5) is 5.82 Å². The summed E-state index contributed by atoms with van der Waals surface area (Å²) in [4.78, 5) is 8.61. The Labute approximate surface area is 135 Å². The second-order valence-electron chi connectivity index (χ2n) is 4.05. The predicted octanol–water partition coefficient (Wildman–Crippen LogP) is 4.48. The highest BCUT2D eigenvalue weighted by Crippen LogP contribution is 2.34. The topological polar surface area (TPSA) is 47.0 Å². The van der Waals surface area contributed by atoms with E-state index in [0.29, 0.717) is 21.6 Å². The number of ether oxygens (including phenoxy) is 1. The molecular formula is C13H12BrCl2N3O. The number of hydrogen-bond donors (Lipinski definition) is 1. The van der Waals surface area contributed by atoms with Gasteiger partial charge in [-0.2, -0.15) is 0 Å². The highest BCUT2D eigenvalue weighted by Gasteiger charge is 2.08. The first-order valence-corrected chi connectivity index (χ1v) is 7.34. The van der Waals surface area contributed by atoms with Gasteiger partial charge in [-0.05, 0) is 28.9 Å². The minimum absolute atomic E-state index is 0.216. The summed E-state index contributed by atoms with van der Waals surface area (Å²) in [5.41, 5.74) is 0.864. The molecule has 0 aliphatic carbocycles. The van der Waals surface area contributed by atoms with Crippen molar-refractivity contribution in [3.8, 4) is 5.75 Å². The summed E-state index contributed by atoms with van der Waals surface area (Å²) in [6.07, 6.45) is 0. The summed E-state index contributed by atoms with van der Waals surface area (Å²) < 4.78 is 6.35. The van der Waals surface area contributed by atoms with Crippen LogP contribution >= 0.6 is 39.1 Å². The van der Waals surface area contributed by atoms with Gasteiger partial charge < -0.3 is 10.1 Å². The maximum atomic E-state index is 6.09. The van der Waals surface area contributed by atoms with Crippen LogP contribution in [0.15, 0.2) is 22.7 Å². The van der Waals surface area contributed by atoms with Crippen molar-refractivity contribution in [2.75, 3.05) is 12.4 Å². The van der Waals surface area contributed by atoms with Crippen molar-refractivity contribution in [2.45, 2.75) is 13.5 Å². The van der Waals surface area contributed by atoms with E-state index in [-0.39, 0.29) is 6.61 Å². The fraction of sp³-hybridized carbons (Fsp3) is 0.231. The van der Waals surface area contributed by atoms with Crippen molar-refractivity contribution in [1.82, 2.24) is 9.97 Å². The molecule has 1 heterocycles. The summed E-state index contributed by atoms with van der Waals surface area (Å²) in [5, 5.41) is 3.98. The van der Waals surface area contributed by atoms with E-state index < -0.39 is 0 Å². The van der Waals surface area contributed by atoms with E-state index in [2.05, 4.69) is 31.2 Å². The maximum absolute atomic E-state index is 6.09. The molecule has 0 spiro atoms. The number of benzene rings is 1. The molecule has 0 atom stereocenters. The second kappa shape index (κ2) is 6.61. The minimum atomic E-state index is 0.216. The molecule has 0 aliphatic rings. The van der Waals surface area contributed by atoms with Crippen LogP contribution in [0.25, 0.3) is 0 Å². The van der Waals surface area contributed by atoms with E-state index in [1.54, 1.807) is 19.2 Å². The Kier molecular flexibility index (Phi) is 5.07. The first-order valence-electron chi connectivity index (χ1n) is 5.79. The molecule has 0 saturated heterocycles. The van der Waals surface area contributed by atoms with Gasteiger partial charge in [0.2, 0.25) is 0 Å². The van der Waals surface area contributed by atoms with Crippen LogP contribution in [0.1, 0.15) is 11.5 Å². The Balaban J connectivity index is 2.16. The predicted molar refractivity (Wildman–Crippen MR) is 84.8 cm³/mol. The Bertz CT molecular complexity index is 637. The fourth-order valence-corrected chi connectivity index (χ4v) is 2.43. The van der Waals surface area contributed by atoms with Gasteiger partial charge in [-0.25, -0.2) is 9.97 Å². The van der Waals surface area contributed by atoms with Gasteiger partial charge in [-0.15, -0.1) is 0 Å². The largest absolute Gasteiger partial charge is 0.484 e. The standard InChI is InChI=1S/C13H12BrCl2N3O/c1-7-3-12(17-2)19-13(18-7)6-20-11-5-9(15)8(14)4-10(11)16/h3-5H,6H2,1-2H3,(H,17,18,19). The van der Waals surface area contributed by atoms with Gasteiger partial charge in [-0.1, -0.05) is 23.2 Å². The lowest BCUT2D eigenvalue weighted by Gasteiger charge is -2.10.